The zero-order chi connectivity index (χ0) is 15.6. The lowest BCUT2D eigenvalue weighted by Gasteiger charge is -2.37. The molecule has 1 saturated carbocycles. The van der Waals surface area contributed by atoms with Crippen molar-refractivity contribution in [2.75, 3.05) is 19.8 Å². The summed E-state index contributed by atoms with van der Waals surface area (Å²) in [5.41, 5.74) is 0.901. The van der Waals surface area contributed by atoms with E-state index in [0.717, 1.165) is 37.2 Å². The number of ether oxygens (including phenoxy) is 3. The molecule has 23 heavy (non-hydrogen) atoms. The number of hydrogen-bond donors (Lipinski definition) is 0. The molecule has 0 aromatic heterocycles. The Morgan fingerprint density at radius 2 is 1.48 bits per heavy atom. The summed E-state index contributed by atoms with van der Waals surface area (Å²) in [5.74, 6) is 1.86. The van der Waals surface area contributed by atoms with Gasteiger partial charge in [0, 0.05) is 11.5 Å². The fourth-order valence-electron chi connectivity index (χ4n) is 4.07. The van der Waals surface area contributed by atoms with E-state index in [1.165, 1.54) is 44.2 Å². The van der Waals surface area contributed by atoms with E-state index in [4.69, 9.17) is 14.2 Å². The molecule has 1 aromatic rings. The van der Waals surface area contributed by atoms with Crippen LogP contribution in [0.25, 0.3) is 0 Å². The van der Waals surface area contributed by atoms with Crippen LogP contribution in [0.1, 0.15) is 44.0 Å². The van der Waals surface area contributed by atoms with E-state index in [-0.39, 0.29) is 12.1 Å². The van der Waals surface area contributed by atoms with Gasteiger partial charge in [0.25, 0.3) is 0 Å². The maximum atomic E-state index is 13.0. The Kier molecular flexibility index (Phi) is 4.65. The van der Waals surface area contributed by atoms with Crippen LogP contribution in [0.2, 0.25) is 0 Å². The molecule has 4 rings (SSSR count). The second-order valence-corrected chi connectivity index (χ2v) is 7.28. The van der Waals surface area contributed by atoms with Crippen LogP contribution < -0.4 is 0 Å². The van der Waals surface area contributed by atoms with E-state index in [9.17, 15) is 4.39 Å². The predicted molar refractivity (Wildman–Crippen MR) is 84.3 cm³/mol. The maximum absolute atomic E-state index is 13.0. The first-order valence-electron chi connectivity index (χ1n) is 8.88. The van der Waals surface area contributed by atoms with Gasteiger partial charge in [0.2, 0.25) is 0 Å². The van der Waals surface area contributed by atoms with Crippen LogP contribution in [-0.4, -0.2) is 25.9 Å². The molecule has 2 aliphatic heterocycles. The molecule has 1 aliphatic carbocycles. The summed E-state index contributed by atoms with van der Waals surface area (Å²) in [6.45, 7) is 2.49. The summed E-state index contributed by atoms with van der Waals surface area (Å²) >= 11 is 0. The van der Waals surface area contributed by atoms with Gasteiger partial charge in [-0.05, 0) is 43.2 Å². The molecule has 2 heterocycles. The van der Waals surface area contributed by atoms with E-state index in [1.54, 1.807) is 12.1 Å². The molecule has 3 aliphatic rings. The summed E-state index contributed by atoms with van der Waals surface area (Å²) in [6, 6.07) is 6.40. The highest BCUT2D eigenvalue weighted by atomic mass is 19.1. The second kappa shape index (κ2) is 6.88. The van der Waals surface area contributed by atoms with Crippen molar-refractivity contribution in [1.82, 2.24) is 0 Å². The standard InChI is InChI=1S/C19H25FO3/c20-17-7-5-15(6-8-17)19-22-10-16(11-23-19)14-3-1-13(2-4-14)9-18-12-21-18/h5-8,13-14,16,18-19H,1-4,9-12H2. The van der Waals surface area contributed by atoms with Crippen LogP contribution >= 0.6 is 0 Å². The minimum Gasteiger partial charge on any atom is -0.373 e. The van der Waals surface area contributed by atoms with Gasteiger partial charge in [-0.25, -0.2) is 4.39 Å². The highest BCUT2D eigenvalue weighted by Gasteiger charge is 2.34. The van der Waals surface area contributed by atoms with Crippen LogP contribution in [0.15, 0.2) is 24.3 Å². The van der Waals surface area contributed by atoms with Gasteiger partial charge in [0.05, 0.1) is 25.9 Å². The fourth-order valence-corrected chi connectivity index (χ4v) is 4.07. The zero-order valence-electron chi connectivity index (χ0n) is 13.5. The van der Waals surface area contributed by atoms with Gasteiger partial charge < -0.3 is 14.2 Å². The smallest absolute Gasteiger partial charge is 0.183 e. The molecule has 1 aromatic carbocycles. The van der Waals surface area contributed by atoms with Gasteiger partial charge in [-0.1, -0.05) is 25.0 Å². The topological polar surface area (TPSA) is 31.0 Å². The molecular formula is C19H25FO3. The van der Waals surface area contributed by atoms with Crippen LogP contribution in [0.3, 0.4) is 0 Å². The molecule has 2 saturated heterocycles. The highest BCUT2D eigenvalue weighted by Crippen LogP contribution is 2.39. The lowest BCUT2D eigenvalue weighted by atomic mass is 9.75. The molecule has 0 radical (unpaired) electrons. The Balaban J connectivity index is 1.24. The molecule has 126 valence electrons. The van der Waals surface area contributed by atoms with Gasteiger partial charge in [-0.15, -0.1) is 0 Å². The Morgan fingerprint density at radius 3 is 2.09 bits per heavy atom. The van der Waals surface area contributed by atoms with Crippen LogP contribution in [-0.2, 0) is 14.2 Å². The monoisotopic (exact) mass is 320 g/mol. The van der Waals surface area contributed by atoms with Crippen LogP contribution in [0.5, 0.6) is 0 Å². The minimum atomic E-state index is -0.338. The molecule has 0 amide bonds. The van der Waals surface area contributed by atoms with Gasteiger partial charge >= 0.3 is 0 Å². The molecule has 1 atom stereocenters. The summed E-state index contributed by atoms with van der Waals surface area (Å²) < 4.78 is 30.1. The Morgan fingerprint density at radius 1 is 0.826 bits per heavy atom. The first-order chi connectivity index (χ1) is 11.3. The minimum absolute atomic E-state index is 0.226. The zero-order valence-corrected chi connectivity index (χ0v) is 13.5. The molecule has 1 unspecified atom stereocenters. The average molecular weight is 320 g/mol. The number of benzene rings is 1. The predicted octanol–water partition coefficient (Wildman–Crippen LogP) is 4.08. The van der Waals surface area contributed by atoms with Gasteiger partial charge in [0.15, 0.2) is 6.29 Å². The molecule has 0 bridgehead atoms. The third kappa shape index (κ3) is 3.93. The third-order valence-electron chi connectivity index (χ3n) is 5.62. The molecule has 4 heteroatoms. The van der Waals surface area contributed by atoms with E-state index in [2.05, 4.69) is 0 Å². The van der Waals surface area contributed by atoms with Crippen molar-refractivity contribution in [2.24, 2.45) is 17.8 Å². The first kappa shape index (κ1) is 15.6. The molecule has 0 spiro atoms. The fraction of sp³-hybridized carbons (Fsp3) is 0.684. The molecule has 3 fully saturated rings. The van der Waals surface area contributed by atoms with Gasteiger partial charge in [-0.2, -0.15) is 0 Å². The SMILES string of the molecule is Fc1ccc(C2OCC(C3CCC(CC4CO4)CC3)CO2)cc1. The normalized spacial score (nSPS) is 37.5. The third-order valence-corrected chi connectivity index (χ3v) is 5.62. The molecular weight excluding hydrogens is 295 g/mol. The number of hydrogen-bond acceptors (Lipinski definition) is 3. The Labute approximate surface area is 137 Å². The number of halogens is 1. The second-order valence-electron chi connectivity index (χ2n) is 7.28. The van der Waals surface area contributed by atoms with Crippen molar-refractivity contribution in [3.63, 3.8) is 0 Å². The van der Waals surface area contributed by atoms with Crippen molar-refractivity contribution in [1.29, 1.82) is 0 Å². The van der Waals surface area contributed by atoms with Crippen molar-refractivity contribution in [3.05, 3.63) is 35.6 Å². The van der Waals surface area contributed by atoms with Gasteiger partial charge in [0.1, 0.15) is 5.82 Å². The lowest BCUT2D eigenvalue weighted by Crippen LogP contribution is -2.34. The van der Waals surface area contributed by atoms with Crippen molar-refractivity contribution in [2.45, 2.75) is 44.5 Å². The van der Waals surface area contributed by atoms with Crippen LogP contribution in [0, 0.1) is 23.6 Å². The molecule has 0 N–H and O–H groups in total. The highest BCUT2D eigenvalue weighted by molar-refractivity contribution is 5.17. The quantitative estimate of drug-likeness (QED) is 0.783. The van der Waals surface area contributed by atoms with Crippen molar-refractivity contribution in [3.8, 4) is 0 Å². The first-order valence-corrected chi connectivity index (χ1v) is 8.88. The van der Waals surface area contributed by atoms with Crippen molar-refractivity contribution >= 4 is 0 Å². The average Bonchev–Trinajstić information content (AvgIpc) is 3.41. The maximum Gasteiger partial charge on any atom is 0.183 e. The van der Waals surface area contributed by atoms with E-state index in [1.807, 2.05) is 0 Å². The lowest BCUT2D eigenvalue weighted by molar-refractivity contribution is -0.214. The van der Waals surface area contributed by atoms with E-state index >= 15 is 0 Å². The van der Waals surface area contributed by atoms with Crippen LogP contribution in [0.4, 0.5) is 4.39 Å². The van der Waals surface area contributed by atoms with E-state index in [0.29, 0.717) is 12.0 Å². The Hall–Kier alpha value is -0.970. The number of epoxide rings is 1. The Bertz CT molecular complexity index is 498. The number of rotatable bonds is 4. The summed E-state index contributed by atoms with van der Waals surface area (Å²) in [6.07, 6.45) is 6.71. The largest absolute Gasteiger partial charge is 0.373 e. The van der Waals surface area contributed by atoms with E-state index < -0.39 is 0 Å². The summed E-state index contributed by atoms with van der Waals surface area (Å²) in [4.78, 5) is 0. The summed E-state index contributed by atoms with van der Waals surface area (Å²) in [5, 5.41) is 0. The van der Waals surface area contributed by atoms with Gasteiger partial charge in [-0.3, -0.25) is 0 Å². The summed E-state index contributed by atoms with van der Waals surface area (Å²) in [7, 11) is 0. The van der Waals surface area contributed by atoms with Crippen molar-refractivity contribution < 1.29 is 18.6 Å². The molecule has 3 nitrogen and oxygen atoms in total.